The van der Waals surface area contributed by atoms with E-state index in [-0.39, 0.29) is 23.2 Å². The first-order chi connectivity index (χ1) is 12.1. The number of benzene rings is 1. The summed E-state index contributed by atoms with van der Waals surface area (Å²) in [7, 11) is 0. The minimum Gasteiger partial charge on any atom is -0.420 e. The Labute approximate surface area is 144 Å². The Morgan fingerprint density at radius 3 is 3.00 bits per heavy atom. The molecule has 7 heteroatoms. The number of aryl methyl sites for hydroxylation is 1. The minimum atomic E-state index is -1.36. The number of amides is 1. The maximum Gasteiger partial charge on any atom is 0.248 e. The van der Waals surface area contributed by atoms with Crippen molar-refractivity contribution in [3.63, 3.8) is 0 Å². The van der Waals surface area contributed by atoms with Gasteiger partial charge >= 0.3 is 0 Å². The fraction of sp³-hybridized carbons (Fsp3) is 0.167. The largest absolute Gasteiger partial charge is 0.420 e. The lowest BCUT2D eigenvalue weighted by Crippen LogP contribution is -2.46. The van der Waals surface area contributed by atoms with Crippen LogP contribution in [0.3, 0.4) is 0 Å². The van der Waals surface area contributed by atoms with Gasteiger partial charge in [-0.1, -0.05) is 24.3 Å². The number of nitriles is 1. The van der Waals surface area contributed by atoms with E-state index in [2.05, 4.69) is 22.8 Å². The monoisotopic (exact) mass is 333 g/mol. The first kappa shape index (κ1) is 15.0. The zero-order valence-electron chi connectivity index (χ0n) is 13.5. The number of hydrogen-bond donors (Lipinski definition) is 2. The van der Waals surface area contributed by atoms with E-state index in [9.17, 15) is 10.1 Å². The van der Waals surface area contributed by atoms with Crippen LogP contribution in [0.5, 0.6) is 5.88 Å². The highest BCUT2D eigenvalue weighted by atomic mass is 16.5. The predicted octanol–water partition coefficient (Wildman–Crippen LogP) is 1.62. The van der Waals surface area contributed by atoms with Crippen molar-refractivity contribution in [1.29, 1.82) is 5.26 Å². The minimum absolute atomic E-state index is 0.0773. The van der Waals surface area contributed by atoms with Crippen LogP contribution >= 0.6 is 0 Å². The number of anilines is 1. The molecule has 2 aliphatic rings. The van der Waals surface area contributed by atoms with E-state index in [1.807, 2.05) is 24.3 Å². The summed E-state index contributed by atoms with van der Waals surface area (Å²) in [6.45, 7) is 5.85. The zero-order valence-corrected chi connectivity index (χ0v) is 13.5. The molecule has 2 aromatic rings. The van der Waals surface area contributed by atoms with Gasteiger partial charge in [0.2, 0.25) is 17.7 Å². The molecule has 1 aromatic heterocycles. The summed E-state index contributed by atoms with van der Waals surface area (Å²) in [5.41, 5.74) is 7.31. The summed E-state index contributed by atoms with van der Waals surface area (Å²) < 4.78 is 5.50. The number of nitrogens with one attached hydrogen (secondary N) is 1. The van der Waals surface area contributed by atoms with Crippen molar-refractivity contribution in [2.75, 3.05) is 11.4 Å². The third kappa shape index (κ3) is 1.63. The van der Waals surface area contributed by atoms with Gasteiger partial charge in [-0.3, -0.25) is 9.89 Å². The van der Waals surface area contributed by atoms with E-state index in [0.717, 1.165) is 5.69 Å². The van der Waals surface area contributed by atoms with E-state index in [1.54, 1.807) is 17.9 Å². The molecule has 0 unspecified atom stereocenters. The number of carbonyl (C=O) groups excluding carboxylic acids is 1. The number of nitrogens with two attached hydrogens (primary N) is 1. The second-order valence-corrected chi connectivity index (χ2v) is 5.95. The quantitative estimate of drug-likeness (QED) is 0.812. The smallest absolute Gasteiger partial charge is 0.248 e. The van der Waals surface area contributed by atoms with Crippen molar-refractivity contribution in [2.45, 2.75) is 12.3 Å². The molecule has 3 heterocycles. The van der Waals surface area contributed by atoms with Gasteiger partial charge in [0.05, 0.1) is 5.56 Å². The first-order valence-electron chi connectivity index (χ1n) is 7.73. The number of nitrogens with zero attached hydrogens (tertiary/aromatic N) is 3. The average molecular weight is 333 g/mol. The predicted molar refractivity (Wildman–Crippen MR) is 90.6 cm³/mol. The molecule has 3 N–H and O–H groups in total. The Hall–Kier alpha value is -3.53. The Kier molecular flexibility index (Phi) is 2.99. The number of rotatable bonds is 2. The highest BCUT2D eigenvalue weighted by molar-refractivity contribution is 6.14. The Bertz CT molecular complexity index is 997. The Balaban J connectivity index is 2.15. The second-order valence-electron chi connectivity index (χ2n) is 5.95. The van der Waals surface area contributed by atoms with Gasteiger partial charge in [0, 0.05) is 23.5 Å². The number of carbonyl (C=O) groups is 1. The summed E-state index contributed by atoms with van der Waals surface area (Å²) in [5, 5.41) is 16.8. The Morgan fingerprint density at radius 1 is 1.52 bits per heavy atom. The van der Waals surface area contributed by atoms with Gasteiger partial charge in [-0.15, -0.1) is 11.7 Å². The van der Waals surface area contributed by atoms with Gasteiger partial charge in [-0.05, 0) is 13.0 Å². The van der Waals surface area contributed by atoms with Crippen LogP contribution in [0, 0.1) is 18.3 Å². The molecule has 1 amide bonds. The van der Waals surface area contributed by atoms with Crippen LogP contribution in [0.25, 0.3) is 0 Å². The molecular weight excluding hydrogens is 318 g/mol. The molecule has 0 saturated carbocycles. The fourth-order valence-corrected chi connectivity index (χ4v) is 3.77. The number of hydrogen-bond acceptors (Lipinski definition) is 5. The van der Waals surface area contributed by atoms with E-state index in [4.69, 9.17) is 10.5 Å². The van der Waals surface area contributed by atoms with Crippen molar-refractivity contribution < 1.29 is 9.53 Å². The molecule has 1 aromatic carbocycles. The molecule has 25 heavy (non-hydrogen) atoms. The third-order valence-corrected chi connectivity index (χ3v) is 4.71. The second kappa shape index (κ2) is 4.98. The van der Waals surface area contributed by atoms with E-state index < -0.39 is 5.41 Å². The maximum atomic E-state index is 13.6. The van der Waals surface area contributed by atoms with Crippen LogP contribution in [-0.2, 0) is 10.2 Å². The molecule has 0 aliphatic carbocycles. The van der Waals surface area contributed by atoms with Crippen molar-refractivity contribution in [3.8, 4) is 11.9 Å². The molecule has 0 saturated heterocycles. The number of aromatic nitrogens is 2. The summed E-state index contributed by atoms with van der Waals surface area (Å²) in [6.07, 6.45) is 1.65. The maximum absolute atomic E-state index is 13.6. The molecule has 2 aliphatic heterocycles. The molecule has 0 radical (unpaired) electrons. The van der Waals surface area contributed by atoms with E-state index in [1.165, 1.54) is 0 Å². The van der Waals surface area contributed by atoms with Crippen LogP contribution in [0.4, 0.5) is 5.69 Å². The molecule has 1 atom stereocenters. The molecule has 0 fully saturated rings. The lowest BCUT2D eigenvalue weighted by atomic mass is 9.69. The van der Waals surface area contributed by atoms with Crippen LogP contribution in [-0.4, -0.2) is 22.6 Å². The third-order valence-electron chi connectivity index (χ3n) is 4.71. The Morgan fingerprint density at radius 2 is 2.28 bits per heavy atom. The number of aromatic amines is 1. The van der Waals surface area contributed by atoms with E-state index in [0.29, 0.717) is 23.4 Å². The van der Waals surface area contributed by atoms with Gasteiger partial charge in [0.15, 0.2) is 0 Å². The first-order valence-corrected chi connectivity index (χ1v) is 7.73. The molecule has 1 spiro atoms. The number of ether oxygens (including phenoxy) is 1. The van der Waals surface area contributed by atoms with Crippen molar-refractivity contribution in [3.05, 3.63) is 65.2 Å². The zero-order chi connectivity index (χ0) is 17.8. The summed E-state index contributed by atoms with van der Waals surface area (Å²) in [6, 6.07) is 9.46. The lowest BCUT2D eigenvalue weighted by molar-refractivity contribution is -0.120. The van der Waals surface area contributed by atoms with Gasteiger partial charge in [-0.2, -0.15) is 5.26 Å². The summed E-state index contributed by atoms with van der Waals surface area (Å²) >= 11 is 0. The van der Waals surface area contributed by atoms with Crippen molar-refractivity contribution in [2.24, 2.45) is 5.73 Å². The standard InChI is InChI=1S/C18H15N5O2/c1-3-8-23-13-7-5-4-6-11(13)18(17(23)24)12(9-19)15(20)25-16-14(18)10(2)21-22-16/h3-7H,1,8,20H2,2H3,(H,21,22)/t18-/m0/s1. The summed E-state index contributed by atoms with van der Waals surface area (Å²) in [4.78, 5) is 15.2. The lowest BCUT2D eigenvalue weighted by Gasteiger charge is -2.32. The topological polar surface area (TPSA) is 108 Å². The van der Waals surface area contributed by atoms with Crippen molar-refractivity contribution >= 4 is 11.6 Å². The number of fused-ring (bicyclic) bond motifs is 4. The van der Waals surface area contributed by atoms with Gasteiger partial charge in [-0.25, -0.2) is 0 Å². The molecule has 4 rings (SSSR count). The number of para-hydroxylation sites is 1. The van der Waals surface area contributed by atoms with Crippen LogP contribution in [0.2, 0.25) is 0 Å². The van der Waals surface area contributed by atoms with Crippen LogP contribution < -0.4 is 15.4 Å². The highest BCUT2D eigenvalue weighted by Gasteiger charge is 2.60. The van der Waals surface area contributed by atoms with Gasteiger partial charge in [0.25, 0.3) is 0 Å². The van der Waals surface area contributed by atoms with Gasteiger partial charge < -0.3 is 15.4 Å². The normalized spacial score (nSPS) is 21.0. The average Bonchev–Trinajstić information content (AvgIpc) is 3.08. The number of H-pyrrole nitrogens is 1. The van der Waals surface area contributed by atoms with Gasteiger partial charge in [0.1, 0.15) is 17.1 Å². The van der Waals surface area contributed by atoms with Crippen molar-refractivity contribution in [1.82, 2.24) is 10.2 Å². The molecule has 124 valence electrons. The molecule has 0 bridgehead atoms. The molecule has 7 nitrogen and oxygen atoms in total. The SMILES string of the molecule is C=CCN1C(=O)[C@]2(C(C#N)=C(N)Oc3n[nH]c(C)c32)c2ccccc21. The fourth-order valence-electron chi connectivity index (χ4n) is 3.77. The summed E-state index contributed by atoms with van der Waals surface area (Å²) in [5.74, 6) is -0.148. The molecular formula is C18H15N5O2. The van der Waals surface area contributed by atoms with Crippen LogP contribution in [0.1, 0.15) is 16.8 Å². The highest BCUT2D eigenvalue weighted by Crippen LogP contribution is 2.55. The van der Waals surface area contributed by atoms with Crippen LogP contribution in [0.15, 0.2) is 48.4 Å². The van der Waals surface area contributed by atoms with E-state index >= 15 is 0 Å².